The van der Waals surface area contributed by atoms with E-state index < -0.39 is 0 Å². The van der Waals surface area contributed by atoms with Crippen LogP contribution >= 0.6 is 11.8 Å². The maximum atomic E-state index is 5.39. The summed E-state index contributed by atoms with van der Waals surface area (Å²) in [6.45, 7) is 2.66. The molecule has 0 saturated carbocycles. The van der Waals surface area contributed by atoms with Crippen LogP contribution in [0.2, 0.25) is 0 Å². The van der Waals surface area contributed by atoms with Crippen molar-refractivity contribution in [3.63, 3.8) is 0 Å². The number of hydrogen-bond acceptors (Lipinski definition) is 4. The number of nitrogens with zero attached hydrogens (tertiary/aromatic N) is 2. The summed E-state index contributed by atoms with van der Waals surface area (Å²) >= 11 is 2.05. The van der Waals surface area contributed by atoms with Crippen molar-refractivity contribution in [1.82, 2.24) is 15.5 Å². The lowest BCUT2D eigenvalue weighted by molar-refractivity contribution is 0.0821. The SMILES string of the molecule is CN=C(NCC1(N(C)C)CCSC1)NC1CCOCC1. The number of ether oxygens (including phenoxy) is 1. The zero-order valence-electron chi connectivity index (χ0n) is 12.9. The summed E-state index contributed by atoms with van der Waals surface area (Å²) in [5, 5.41) is 7.04. The maximum absolute atomic E-state index is 5.39. The summed E-state index contributed by atoms with van der Waals surface area (Å²) in [6.07, 6.45) is 3.37. The summed E-state index contributed by atoms with van der Waals surface area (Å²) in [7, 11) is 6.21. The van der Waals surface area contributed by atoms with Gasteiger partial charge in [-0.05, 0) is 39.1 Å². The van der Waals surface area contributed by atoms with E-state index in [0.29, 0.717) is 6.04 Å². The van der Waals surface area contributed by atoms with Crippen LogP contribution in [0.25, 0.3) is 0 Å². The van der Waals surface area contributed by atoms with Crippen molar-refractivity contribution >= 4 is 17.7 Å². The Kier molecular flexibility index (Phi) is 5.99. The number of rotatable bonds is 4. The van der Waals surface area contributed by atoms with Crippen molar-refractivity contribution < 1.29 is 4.74 Å². The second kappa shape index (κ2) is 7.52. The normalized spacial score (nSPS) is 28.9. The molecule has 0 amide bonds. The largest absolute Gasteiger partial charge is 0.381 e. The van der Waals surface area contributed by atoms with Gasteiger partial charge in [-0.3, -0.25) is 4.99 Å². The molecule has 2 fully saturated rings. The van der Waals surface area contributed by atoms with Gasteiger partial charge in [-0.25, -0.2) is 0 Å². The molecule has 0 radical (unpaired) electrons. The second-order valence-electron chi connectivity index (χ2n) is 5.88. The molecule has 1 atom stereocenters. The Morgan fingerprint density at radius 2 is 2.15 bits per heavy atom. The number of hydrogen-bond donors (Lipinski definition) is 2. The average Bonchev–Trinajstić information content (AvgIpc) is 2.95. The van der Waals surface area contributed by atoms with Gasteiger partial charge in [-0.1, -0.05) is 0 Å². The van der Waals surface area contributed by atoms with Gasteiger partial charge in [0, 0.05) is 44.1 Å². The van der Waals surface area contributed by atoms with E-state index in [1.54, 1.807) is 0 Å². The minimum Gasteiger partial charge on any atom is -0.381 e. The predicted molar refractivity (Wildman–Crippen MR) is 86.7 cm³/mol. The smallest absolute Gasteiger partial charge is 0.191 e. The van der Waals surface area contributed by atoms with Crippen molar-refractivity contribution in [1.29, 1.82) is 0 Å². The first-order valence-corrected chi connectivity index (χ1v) is 8.62. The molecule has 0 spiro atoms. The van der Waals surface area contributed by atoms with Crippen LogP contribution in [0, 0.1) is 0 Å². The van der Waals surface area contributed by atoms with Gasteiger partial charge in [0.25, 0.3) is 0 Å². The van der Waals surface area contributed by atoms with Crippen LogP contribution in [0.1, 0.15) is 19.3 Å². The minimum absolute atomic E-state index is 0.262. The van der Waals surface area contributed by atoms with Crippen LogP contribution < -0.4 is 10.6 Å². The third kappa shape index (κ3) is 4.02. The molecular weight excluding hydrogens is 272 g/mol. The maximum Gasteiger partial charge on any atom is 0.191 e. The molecule has 0 bridgehead atoms. The van der Waals surface area contributed by atoms with Gasteiger partial charge in [-0.15, -0.1) is 0 Å². The van der Waals surface area contributed by atoms with Crippen molar-refractivity contribution in [2.75, 3.05) is 52.4 Å². The Labute approximate surface area is 126 Å². The summed E-state index contributed by atoms with van der Waals surface area (Å²) < 4.78 is 5.39. The number of aliphatic imine (C=N–C) groups is 1. The second-order valence-corrected chi connectivity index (χ2v) is 6.98. The topological polar surface area (TPSA) is 48.9 Å². The van der Waals surface area contributed by atoms with Crippen molar-refractivity contribution in [2.24, 2.45) is 4.99 Å². The highest BCUT2D eigenvalue weighted by atomic mass is 32.2. The summed E-state index contributed by atoms with van der Waals surface area (Å²) in [5.74, 6) is 3.38. The average molecular weight is 300 g/mol. The lowest BCUT2D eigenvalue weighted by Gasteiger charge is -2.36. The Bertz CT molecular complexity index is 323. The van der Waals surface area contributed by atoms with Crippen LogP contribution in [0.4, 0.5) is 0 Å². The van der Waals surface area contributed by atoms with Crippen molar-refractivity contribution in [2.45, 2.75) is 30.8 Å². The lowest BCUT2D eigenvalue weighted by Crippen LogP contribution is -2.56. The van der Waals surface area contributed by atoms with Crippen LogP contribution in [0.5, 0.6) is 0 Å². The molecular formula is C14H28N4OS. The van der Waals surface area contributed by atoms with Crippen molar-refractivity contribution in [3.05, 3.63) is 0 Å². The van der Waals surface area contributed by atoms with Crippen LogP contribution in [-0.2, 0) is 4.74 Å². The fourth-order valence-corrected chi connectivity index (χ4v) is 4.28. The first-order chi connectivity index (χ1) is 9.66. The molecule has 0 aromatic heterocycles. The van der Waals surface area contributed by atoms with Crippen molar-refractivity contribution in [3.8, 4) is 0 Å². The van der Waals surface area contributed by atoms with E-state index in [1.165, 1.54) is 17.9 Å². The summed E-state index contributed by atoms with van der Waals surface area (Å²) in [4.78, 5) is 6.72. The van der Waals surface area contributed by atoms with Crippen LogP contribution in [-0.4, -0.2) is 74.8 Å². The molecule has 2 aliphatic rings. The number of thioether (sulfide) groups is 1. The van der Waals surface area contributed by atoms with E-state index in [9.17, 15) is 0 Å². The Morgan fingerprint density at radius 1 is 1.40 bits per heavy atom. The first kappa shape index (κ1) is 15.9. The highest BCUT2D eigenvalue weighted by Gasteiger charge is 2.36. The molecule has 6 heteroatoms. The standard InChI is InChI=1S/C14H28N4OS/c1-15-13(17-12-4-7-19-8-5-12)16-10-14(18(2)3)6-9-20-11-14/h12H,4-11H2,1-3H3,(H2,15,16,17). The molecule has 2 rings (SSSR count). The molecule has 0 aromatic carbocycles. The molecule has 2 aliphatic heterocycles. The molecule has 0 aliphatic carbocycles. The van der Waals surface area contributed by atoms with E-state index in [2.05, 4.69) is 34.6 Å². The Balaban J connectivity index is 1.83. The van der Waals surface area contributed by atoms with Crippen LogP contribution in [0.3, 0.4) is 0 Å². The summed E-state index contributed by atoms with van der Waals surface area (Å²) in [6, 6.07) is 0.489. The van der Waals surface area contributed by atoms with Gasteiger partial charge in [0.15, 0.2) is 5.96 Å². The molecule has 2 N–H and O–H groups in total. The molecule has 1 unspecified atom stereocenters. The number of nitrogens with one attached hydrogen (secondary N) is 2. The highest BCUT2D eigenvalue weighted by molar-refractivity contribution is 7.99. The summed E-state index contributed by atoms with van der Waals surface area (Å²) in [5.41, 5.74) is 0.262. The zero-order chi connectivity index (χ0) is 14.4. The van der Waals surface area contributed by atoms with E-state index in [-0.39, 0.29) is 5.54 Å². The van der Waals surface area contributed by atoms with Gasteiger partial charge in [0.05, 0.1) is 0 Å². The fraction of sp³-hybridized carbons (Fsp3) is 0.929. The molecule has 2 heterocycles. The molecule has 116 valence electrons. The zero-order valence-corrected chi connectivity index (χ0v) is 13.8. The van der Waals surface area contributed by atoms with Gasteiger partial charge >= 0.3 is 0 Å². The predicted octanol–water partition coefficient (Wildman–Crippen LogP) is 0.768. The lowest BCUT2D eigenvalue weighted by atomic mass is 9.97. The van der Waals surface area contributed by atoms with Gasteiger partial charge < -0.3 is 20.3 Å². The quantitative estimate of drug-likeness (QED) is 0.593. The van der Waals surface area contributed by atoms with E-state index in [4.69, 9.17) is 4.74 Å². The Morgan fingerprint density at radius 3 is 2.70 bits per heavy atom. The molecule has 20 heavy (non-hydrogen) atoms. The van der Waals surface area contributed by atoms with Gasteiger partial charge in [0.1, 0.15) is 0 Å². The molecule has 2 saturated heterocycles. The molecule has 5 nitrogen and oxygen atoms in total. The number of guanidine groups is 1. The highest BCUT2D eigenvalue weighted by Crippen LogP contribution is 2.31. The van der Waals surface area contributed by atoms with E-state index in [0.717, 1.165) is 38.6 Å². The van der Waals surface area contributed by atoms with Crippen LogP contribution in [0.15, 0.2) is 4.99 Å². The molecule has 0 aromatic rings. The van der Waals surface area contributed by atoms with E-state index >= 15 is 0 Å². The fourth-order valence-electron chi connectivity index (χ4n) is 2.72. The van der Waals surface area contributed by atoms with Gasteiger partial charge in [-0.2, -0.15) is 11.8 Å². The first-order valence-electron chi connectivity index (χ1n) is 7.46. The number of likely N-dealkylation sites (N-methyl/N-ethyl adjacent to an activating group) is 1. The van der Waals surface area contributed by atoms with E-state index in [1.807, 2.05) is 18.8 Å². The minimum atomic E-state index is 0.262. The third-order valence-electron chi connectivity index (χ3n) is 4.40. The Hall–Kier alpha value is -0.460. The third-order valence-corrected chi connectivity index (χ3v) is 5.64. The van der Waals surface area contributed by atoms with Gasteiger partial charge in [0.2, 0.25) is 0 Å². The monoisotopic (exact) mass is 300 g/mol.